The molecule has 0 aliphatic rings. The monoisotopic (exact) mass is 457 g/mol. The summed E-state index contributed by atoms with van der Waals surface area (Å²) in [6.07, 6.45) is 0. The minimum Gasteiger partial charge on any atom is -0.494 e. The van der Waals surface area contributed by atoms with Crippen molar-refractivity contribution >= 4 is 57.1 Å². The van der Waals surface area contributed by atoms with Crippen molar-refractivity contribution < 1.29 is 14.3 Å². The SMILES string of the molecule is CCOc1ccc(NC(=O)C(C)Sc2nnc(Nc3cccc(NC(C)=O)c3)s2)cc1. The normalized spacial score (nSPS) is 11.5. The van der Waals surface area contributed by atoms with Crippen molar-refractivity contribution in [2.24, 2.45) is 0 Å². The van der Waals surface area contributed by atoms with Crippen LogP contribution in [0.15, 0.2) is 52.9 Å². The molecule has 8 nitrogen and oxygen atoms in total. The van der Waals surface area contributed by atoms with Gasteiger partial charge in [0.05, 0.1) is 11.9 Å². The van der Waals surface area contributed by atoms with Crippen molar-refractivity contribution in [3.63, 3.8) is 0 Å². The van der Waals surface area contributed by atoms with Crippen LogP contribution < -0.4 is 20.7 Å². The third-order valence-electron chi connectivity index (χ3n) is 3.92. The first-order valence-electron chi connectivity index (χ1n) is 9.61. The van der Waals surface area contributed by atoms with Gasteiger partial charge in [-0.15, -0.1) is 10.2 Å². The fourth-order valence-electron chi connectivity index (χ4n) is 2.56. The molecule has 3 rings (SSSR count). The van der Waals surface area contributed by atoms with E-state index >= 15 is 0 Å². The van der Waals surface area contributed by atoms with Crippen LogP contribution in [0.3, 0.4) is 0 Å². The van der Waals surface area contributed by atoms with Crippen LogP contribution in [0.1, 0.15) is 20.8 Å². The van der Waals surface area contributed by atoms with Crippen LogP contribution >= 0.6 is 23.1 Å². The highest BCUT2D eigenvalue weighted by molar-refractivity contribution is 8.02. The summed E-state index contributed by atoms with van der Waals surface area (Å²) in [6.45, 7) is 5.80. The molecule has 0 saturated carbocycles. The van der Waals surface area contributed by atoms with Gasteiger partial charge >= 0.3 is 0 Å². The van der Waals surface area contributed by atoms with Gasteiger partial charge in [-0.2, -0.15) is 0 Å². The van der Waals surface area contributed by atoms with Gasteiger partial charge in [0.25, 0.3) is 0 Å². The largest absolute Gasteiger partial charge is 0.494 e. The predicted molar refractivity (Wildman–Crippen MR) is 125 cm³/mol. The lowest BCUT2D eigenvalue weighted by Crippen LogP contribution is -2.22. The fraction of sp³-hybridized carbons (Fsp3) is 0.238. The van der Waals surface area contributed by atoms with E-state index in [0.29, 0.717) is 27.5 Å². The van der Waals surface area contributed by atoms with E-state index in [4.69, 9.17) is 4.74 Å². The number of carbonyl (C=O) groups is 2. The Bertz CT molecular complexity index is 1040. The number of nitrogens with one attached hydrogen (secondary N) is 3. The van der Waals surface area contributed by atoms with Crippen LogP contribution in [0.2, 0.25) is 0 Å². The standard InChI is InChI=1S/C21H23N5O3S2/c1-4-29-18-10-8-15(9-11-18)23-19(28)13(2)30-21-26-25-20(31-21)24-17-7-5-6-16(12-17)22-14(3)27/h5-13H,4H2,1-3H3,(H,22,27)(H,23,28)(H,24,25). The molecule has 0 saturated heterocycles. The molecule has 0 aliphatic carbocycles. The first-order valence-corrected chi connectivity index (χ1v) is 11.3. The van der Waals surface area contributed by atoms with Crippen molar-refractivity contribution in [2.75, 3.05) is 22.6 Å². The van der Waals surface area contributed by atoms with Crippen molar-refractivity contribution in [3.8, 4) is 5.75 Å². The topological polar surface area (TPSA) is 105 Å². The van der Waals surface area contributed by atoms with E-state index in [-0.39, 0.29) is 17.1 Å². The molecule has 0 radical (unpaired) electrons. The minimum absolute atomic E-state index is 0.123. The van der Waals surface area contributed by atoms with Crippen molar-refractivity contribution in [1.82, 2.24) is 10.2 Å². The molecule has 162 valence electrons. The maximum atomic E-state index is 12.5. The molecule has 0 bridgehead atoms. The number of hydrogen-bond acceptors (Lipinski definition) is 8. The Kier molecular flexibility index (Phi) is 7.85. The van der Waals surface area contributed by atoms with Crippen molar-refractivity contribution in [1.29, 1.82) is 0 Å². The number of anilines is 4. The summed E-state index contributed by atoms with van der Waals surface area (Å²) in [4.78, 5) is 23.7. The number of amides is 2. The third-order valence-corrected chi connectivity index (χ3v) is 5.94. The zero-order valence-electron chi connectivity index (χ0n) is 17.3. The molecule has 1 atom stereocenters. The van der Waals surface area contributed by atoms with E-state index in [0.717, 1.165) is 11.4 Å². The highest BCUT2D eigenvalue weighted by atomic mass is 32.2. The van der Waals surface area contributed by atoms with Crippen molar-refractivity contribution in [2.45, 2.75) is 30.4 Å². The lowest BCUT2D eigenvalue weighted by Gasteiger charge is -2.11. The highest BCUT2D eigenvalue weighted by Gasteiger charge is 2.17. The number of aromatic nitrogens is 2. The van der Waals surface area contributed by atoms with Crippen molar-refractivity contribution in [3.05, 3.63) is 48.5 Å². The smallest absolute Gasteiger partial charge is 0.237 e. The van der Waals surface area contributed by atoms with Gasteiger partial charge < -0.3 is 20.7 Å². The molecule has 2 amide bonds. The highest BCUT2D eigenvalue weighted by Crippen LogP contribution is 2.31. The van der Waals surface area contributed by atoms with Gasteiger partial charge in [0.1, 0.15) is 5.75 Å². The zero-order valence-corrected chi connectivity index (χ0v) is 19.0. The van der Waals surface area contributed by atoms with Gasteiger partial charge in [0, 0.05) is 24.0 Å². The van der Waals surface area contributed by atoms with Crippen LogP contribution in [0.5, 0.6) is 5.75 Å². The summed E-state index contributed by atoms with van der Waals surface area (Å²) in [5.74, 6) is 0.505. The van der Waals surface area contributed by atoms with E-state index in [1.54, 1.807) is 6.07 Å². The summed E-state index contributed by atoms with van der Waals surface area (Å²) in [6, 6.07) is 14.6. The molecular formula is C21H23N5O3S2. The Morgan fingerprint density at radius 3 is 2.52 bits per heavy atom. The number of carbonyl (C=O) groups excluding carboxylic acids is 2. The molecular weight excluding hydrogens is 434 g/mol. The lowest BCUT2D eigenvalue weighted by atomic mass is 10.3. The van der Waals surface area contributed by atoms with E-state index < -0.39 is 0 Å². The van der Waals surface area contributed by atoms with Gasteiger partial charge in [0.2, 0.25) is 16.9 Å². The van der Waals surface area contributed by atoms with Gasteiger partial charge in [-0.05, 0) is 56.3 Å². The molecule has 3 aromatic rings. The zero-order chi connectivity index (χ0) is 22.2. The number of benzene rings is 2. The first-order chi connectivity index (χ1) is 14.9. The summed E-state index contributed by atoms with van der Waals surface area (Å²) in [7, 11) is 0. The molecule has 0 aliphatic heterocycles. The summed E-state index contributed by atoms with van der Waals surface area (Å²) < 4.78 is 6.08. The van der Waals surface area contributed by atoms with Gasteiger partial charge in [-0.25, -0.2) is 0 Å². The van der Waals surface area contributed by atoms with Crippen LogP contribution in [0.25, 0.3) is 0 Å². The molecule has 1 aromatic heterocycles. The van der Waals surface area contributed by atoms with E-state index in [1.165, 1.54) is 30.0 Å². The molecule has 1 heterocycles. The molecule has 10 heteroatoms. The Morgan fingerprint density at radius 1 is 1.06 bits per heavy atom. The second kappa shape index (κ2) is 10.8. The summed E-state index contributed by atoms with van der Waals surface area (Å²) >= 11 is 2.69. The maximum Gasteiger partial charge on any atom is 0.237 e. The number of nitrogens with zero attached hydrogens (tertiary/aromatic N) is 2. The molecule has 0 spiro atoms. The van der Waals surface area contributed by atoms with E-state index in [2.05, 4.69) is 26.1 Å². The molecule has 1 unspecified atom stereocenters. The first kappa shape index (κ1) is 22.6. The lowest BCUT2D eigenvalue weighted by molar-refractivity contribution is -0.115. The van der Waals surface area contributed by atoms with Gasteiger partial charge in [0.15, 0.2) is 4.34 Å². The summed E-state index contributed by atoms with van der Waals surface area (Å²) in [5.41, 5.74) is 2.18. The second-order valence-electron chi connectivity index (χ2n) is 6.47. The Morgan fingerprint density at radius 2 is 1.81 bits per heavy atom. The number of hydrogen-bond donors (Lipinski definition) is 3. The number of thioether (sulfide) groups is 1. The van der Waals surface area contributed by atoms with Gasteiger partial charge in [-0.1, -0.05) is 29.2 Å². The van der Waals surface area contributed by atoms with Crippen LogP contribution in [-0.4, -0.2) is 33.9 Å². The van der Waals surface area contributed by atoms with Gasteiger partial charge in [-0.3, -0.25) is 9.59 Å². The third kappa shape index (κ3) is 6.97. The van der Waals surface area contributed by atoms with Crippen LogP contribution in [0.4, 0.5) is 22.2 Å². The van der Waals surface area contributed by atoms with E-state index in [9.17, 15) is 9.59 Å². The average molecular weight is 458 g/mol. The molecule has 0 fully saturated rings. The van der Waals surface area contributed by atoms with Crippen LogP contribution in [-0.2, 0) is 9.59 Å². The Labute approximate surface area is 188 Å². The predicted octanol–water partition coefficient (Wildman–Crippen LogP) is 4.76. The summed E-state index contributed by atoms with van der Waals surface area (Å²) in [5, 5.41) is 17.3. The number of ether oxygens (including phenoxy) is 1. The Balaban J connectivity index is 1.55. The number of rotatable bonds is 9. The molecule has 3 N–H and O–H groups in total. The molecule has 31 heavy (non-hydrogen) atoms. The van der Waals surface area contributed by atoms with Crippen LogP contribution in [0, 0.1) is 0 Å². The second-order valence-corrected chi connectivity index (χ2v) is 9.03. The van der Waals surface area contributed by atoms with E-state index in [1.807, 2.05) is 56.3 Å². The fourth-order valence-corrected chi connectivity index (χ4v) is 4.48. The average Bonchev–Trinajstić information content (AvgIpc) is 3.16. The Hall–Kier alpha value is -3.11. The maximum absolute atomic E-state index is 12.5. The quantitative estimate of drug-likeness (QED) is 0.398. The molecule has 2 aromatic carbocycles. The minimum atomic E-state index is -0.351.